The smallest absolute Gasteiger partial charge is 0.267 e. The Kier molecular flexibility index (Phi) is 5.71. The molecule has 1 atom stereocenters. The molecule has 0 bridgehead atoms. The summed E-state index contributed by atoms with van der Waals surface area (Å²) in [6, 6.07) is 3.71. The Morgan fingerprint density at radius 3 is 2.75 bits per heavy atom. The molecule has 4 rings (SSSR count). The molecule has 166 valence electrons. The van der Waals surface area contributed by atoms with Gasteiger partial charge in [-0.25, -0.2) is 9.67 Å². The fourth-order valence-corrected chi connectivity index (χ4v) is 3.69. The average molecular weight is 436 g/mol. The normalized spacial score (nSPS) is 17.5. The third-order valence-corrected chi connectivity index (χ3v) is 5.36. The second-order valence-corrected chi connectivity index (χ2v) is 7.34. The number of nitrogens with one attached hydrogen (secondary N) is 3. The van der Waals surface area contributed by atoms with E-state index >= 15 is 0 Å². The van der Waals surface area contributed by atoms with E-state index < -0.39 is 11.5 Å². The Morgan fingerprint density at radius 2 is 2.06 bits per heavy atom. The largest absolute Gasteiger partial charge is 0.378 e. The Hall–Kier alpha value is -4.02. The second-order valence-electron chi connectivity index (χ2n) is 7.34. The summed E-state index contributed by atoms with van der Waals surface area (Å²) >= 11 is 0. The Balaban J connectivity index is 1.77. The topological polar surface area (TPSA) is 135 Å². The standard InChI is InChI=1S/C21H24N8O3/c1-4-29-19-15(12-26-29)18(27-13-6-5-7-24-10-13)14(11-25-19)16-8-21(32-28-16,20(31)23-3)9-17(30)22-2/h5-7,10-12H,4,8-9H2,1-3H3,(H,22,30)(H,23,31)(H,25,27). The lowest BCUT2D eigenvalue weighted by Gasteiger charge is -2.23. The molecule has 2 amide bonds. The predicted molar refractivity (Wildman–Crippen MR) is 118 cm³/mol. The predicted octanol–water partition coefficient (Wildman–Crippen LogP) is 1.34. The third-order valence-electron chi connectivity index (χ3n) is 5.36. The molecule has 0 spiro atoms. The summed E-state index contributed by atoms with van der Waals surface area (Å²) in [5.74, 6) is -0.744. The van der Waals surface area contributed by atoms with Crippen LogP contribution in [-0.2, 0) is 21.0 Å². The molecule has 3 aromatic rings. The number of nitrogens with zero attached hydrogens (tertiary/aromatic N) is 5. The zero-order chi connectivity index (χ0) is 22.7. The molecule has 0 saturated carbocycles. The molecule has 1 unspecified atom stereocenters. The summed E-state index contributed by atoms with van der Waals surface area (Å²) in [5.41, 5.74) is 1.93. The van der Waals surface area contributed by atoms with Crippen LogP contribution in [0.25, 0.3) is 11.0 Å². The number of anilines is 2. The van der Waals surface area contributed by atoms with Gasteiger partial charge in [-0.1, -0.05) is 5.16 Å². The number of aromatic nitrogens is 4. The highest BCUT2D eigenvalue weighted by molar-refractivity contribution is 6.13. The first-order valence-corrected chi connectivity index (χ1v) is 10.2. The Labute approximate surface area is 184 Å². The minimum absolute atomic E-state index is 0.108. The van der Waals surface area contributed by atoms with Crippen LogP contribution in [-0.4, -0.2) is 57.0 Å². The Morgan fingerprint density at radius 1 is 1.22 bits per heavy atom. The van der Waals surface area contributed by atoms with Gasteiger partial charge in [-0.3, -0.25) is 14.6 Å². The summed E-state index contributed by atoms with van der Waals surface area (Å²) in [5, 5.41) is 17.9. The van der Waals surface area contributed by atoms with Gasteiger partial charge in [0.15, 0.2) is 5.65 Å². The number of hydrogen-bond acceptors (Lipinski definition) is 8. The highest BCUT2D eigenvalue weighted by Crippen LogP contribution is 2.36. The number of rotatable bonds is 7. The van der Waals surface area contributed by atoms with Crippen molar-refractivity contribution in [2.45, 2.75) is 31.9 Å². The van der Waals surface area contributed by atoms with Gasteiger partial charge < -0.3 is 20.8 Å². The zero-order valence-electron chi connectivity index (χ0n) is 18.0. The summed E-state index contributed by atoms with van der Waals surface area (Å²) in [4.78, 5) is 39.1. The van der Waals surface area contributed by atoms with Crippen LogP contribution in [0.2, 0.25) is 0 Å². The van der Waals surface area contributed by atoms with Gasteiger partial charge in [-0.2, -0.15) is 5.10 Å². The molecule has 32 heavy (non-hydrogen) atoms. The Bertz CT molecular complexity index is 1190. The minimum atomic E-state index is -1.43. The number of carbonyl (C=O) groups is 2. The lowest BCUT2D eigenvalue weighted by molar-refractivity contribution is -0.149. The monoisotopic (exact) mass is 436 g/mol. The molecule has 1 aliphatic rings. The van der Waals surface area contributed by atoms with Crippen LogP contribution < -0.4 is 16.0 Å². The molecule has 3 N–H and O–H groups in total. The van der Waals surface area contributed by atoms with Crippen molar-refractivity contribution in [3.05, 3.63) is 42.5 Å². The van der Waals surface area contributed by atoms with Crippen molar-refractivity contribution in [3.63, 3.8) is 0 Å². The number of pyridine rings is 2. The van der Waals surface area contributed by atoms with Gasteiger partial charge in [-0.05, 0) is 19.1 Å². The molecular weight excluding hydrogens is 412 g/mol. The van der Waals surface area contributed by atoms with Gasteiger partial charge in [0.2, 0.25) is 11.5 Å². The third kappa shape index (κ3) is 3.72. The average Bonchev–Trinajstić information content (AvgIpc) is 3.44. The number of likely N-dealkylation sites (N-methyl/N-ethyl adjacent to an activating group) is 1. The van der Waals surface area contributed by atoms with Crippen molar-refractivity contribution in [1.29, 1.82) is 0 Å². The fraction of sp³-hybridized carbons (Fsp3) is 0.333. The molecule has 11 nitrogen and oxygen atoms in total. The van der Waals surface area contributed by atoms with E-state index in [4.69, 9.17) is 4.84 Å². The van der Waals surface area contributed by atoms with E-state index in [1.807, 2.05) is 19.1 Å². The molecule has 0 aromatic carbocycles. The maximum atomic E-state index is 12.7. The first-order valence-electron chi connectivity index (χ1n) is 10.2. The highest BCUT2D eigenvalue weighted by Gasteiger charge is 2.48. The molecule has 3 aromatic heterocycles. The number of hydrogen-bond donors (Lipinski definition) is 3. The molecule has 0 radical (unpaired) electrons. The molecule has 1 aliphatic heterocycles. The van der Waals surface area contributed by atoms with E-state index in [-0.39, 0.29) is 18.7 Å². The van der Waals surface area contributed by atoms with Gasteiger partial charge in [0.25, 0.3) is 5.91 Å². The molecule has 4 heterocycles. The van der Waals surface area contributed by atoms with Crippen molar-refractivity contribution in [3.8, 4) is 0 Å². The van der Waals surface area contributed by atoms with E-state index in [2.05, 4.69) is 36.2 Å². The molecule has 0 saturated heterocycles. The van der Waals surface area contributed by atoms with Gasteiger partial charge in [-0.15, -0.1) is 0 Å². The number of amides is 2. The number of aryl methyl sites for hydroxylation is 1. The molecule has 0 fully saturated rings. The van der Waals surface area contributed by atoms with Gasteiger partial charge in [0.1, 0.15) is 0 Å². The van der Waals surface area contributed by atoms with Crippen LogP contribution in [0, 0.1) is 0 Å². The van der Waals surface area contributed by atoms with Crippen LogP contribution in [0.1, 0.15) is 25.3 Å². The van der Waals surface area contributed by atoms with Crippen LogP contribution in [0.15, 0.2) is 42.1 Å². The summed E-state index contributed by atoms with van der Waals surface area (Å²) in [6.07, 6.45) is 6.75. The van der Waals surface area contributed by atoms with Gasteiger partial charge in [0.05, 0.1) is 41.3 Å². The number of carbonyl (C=O) groups excluding carboxylic acids is 2. The quantitative estimate of drug-likeness (QED) is 0.508. The summed E-state index contributed by atoms with van der Waals surface area (Å²) in [6.45, 7) is 2.65. The number of fused-ring (bicyclic) bond motifs is 1. The van der Waals surface area contributed by atoms with Crippen molar-refractivity contribution in [2.75, 3.05) is 19.4 Å². The van der Waals surface area contributed by atoms with Crippen LogP contribution >= 0.6 is 0 Å². The van der Waals surface area contributed by atoms with Crippen molar-refractivity contribution < 1.29 is 14.4 Å². The lowest BCUT2D eigenvalue weighted by atomic mass is 9.89. The number of oxime groups is 1. The van der Waals surface area contributed by atoms with Crippen molar-refractivity contribution in [2.24, 2.45) is 5.16 Å². The van der Waals surface area contributed by atoms with E-state index in [1.54, 1.807) is 29.5 Å². The van der Waals surface area contributed by atoms with Crippen molar-refractivity contribution in [1.82, 2.24) is 30.4 Å². The molecule has 0 aliphatic carbocycles. The van der Waals surface area contributed by atoms with E-state index in [0.29, 0.717) is 23.5 Å². The van der Waals surface area contributed by atoms with Gasteiger partial charge in [0, 0.05) is 45.0 Å². The van der Waals surface area contributed by atoms with E-state index in [1.165, 1.54) is 14.1 Å². The van der Waals surface area contributed by atoms with Crippen LogP contribution in [0.3, 0.4) is 0 Å². The first kappa shape index (κ1) is 21.2. The zero-order valence-corrected chi connectivity index (χ0v) is 18.0. The molecule has 11 heteroatoms. The SMILES string of the molecule is CCn1ncc2c(Nc3cccnc3)c(C3=NOC(CC(=O)NC)(C(=O)NC)C3)cnc21. The van der Waals surface area contributed by atoms with E-state index in [0.717, 1.165) is 16.8 Å². The molecular formula is C21H24N8O3. The summed E-state index contributed by atoms with van der Waals surface area (Å²) < 4.78 is 1.79. The van der Waals surface area contributed by atoms with Crippen LogP contribution in [0.4, 0.5) is 11.4 Å². The maximum absolute atomic E-state index is 12.7. The fourth-order valence-electron chi connectivity index (χ4n) is 3.69. The highest BCUT2D eigenvalue weighted by atomic mass is 16.7. The minimum Gasteiger partial charge on any atom is -0.378 e. The maximum Gasteiger partial charge on any atom is 0.267 e. The van der Waals surface area contributed by atoms with Crippen molar-refractivity contribution >= 4 is 39.9 Å². The van der Waals surface area contributed by atoms with Gasteiger partial charge >= 0.3 is 0 Å². The first-order chi connectivity index (χ1) is 15.5. The summed E-state index contributed by atoms with van der Waals surface area (Å²) in [7, 11) is 3.01. The second kappa shape index (κ2) is 8.61. The lowest BCUT2D eigenvalue weighted by Crippen LogP contribution is -2.48. The van der Waals surface area contributed by atoms with Crippen LogP contribution in [0.5, 0.6) is 0 Å². The van der Waals surface area contributed by atoms with E-state index in [9.17, 15) is 9.59 Å².